The maximum atomic E-state index is 13.0. The summed E-state index contributed by atoms with van der Waals surface area (Å²) in [5.41, 5.74) is 2.33. The van der Waals surface area contributed by atoms with Crippen molar-refractivity contribution in [3.05, 3.63) is 69.8 Å². The van der Waals surface area contributed by atoms with Crippen LogP contribution in [-0.4, -0.2) is 35.4 Å². The highest BCUT2D eigenvalue weighted by Crippen LogP contribution is 2.40. The van der Waals surface area contributed by atoms with Crippen LogP contribution in [0.5, 0.6) is 5.75 Å². The quantitative estimate of drug-likeness (QED) is 0.379. The number of rotatable bonds is 5. The fraction of sp³-hybridized carbons (Fsp3) is 0.360. The maximum absolute atomic E-state index is 13.0. The SMILES string of the molecule is CCCN1C(=O)C(=O)/C(=C(\O)c2ccc(OC)c(Cl)c2)C1c1ccc(C(C)(C)C)cc1. The highest BCUT2D eigenvalue weighted by atomic mass is 35.5. The van der Waals surface area contributed by atoms with Crippen molar-refractivity contribution < 1.29 is 19.4 Å². The Morgan fingerprint density at radius 1 is 1.13 bits per heavy atom. The standard InChI is InChI=1S/C25H28ClNO4/c1-6-13-27-21(15-7-10-17(11-8-15)25(2,3)4)20(23(29)24(27)30)22(28)16-9-12-19(31-5)18(26)14-16/h7-12,14,21,28H,6,13H2,1-5H3/b22-20-. The van der Waals surface area contributed by atoms with Gasteiger partial charge in [0.15, 0.2) is 0 Å². The molecule has 1 atom stereocenters. The number of amides is 1. The number of aliphatic hydroxyl groups is 1. The molecule has 0 bridgehead atoms. The van der Waals surface area contributed by atoms with Gasteiger partial charge < -0.3 is 14.7 Å². The van der Waals surface area contributed by atoms with Crippen molar-refractivity contribution in [2.24, 2.45) is 0 Å². The topological polar surface area (TPSA) is 66.8 Å². The van der Waals surface area contributed by atoms with Crippen LogP contribution in [0.2, 0.25) is 5.02 Å². The Kier molecular flexibility index (Phi) is 6.46. The van der Waals surface area contributed by atoms with Crippen LogP contribution in [0.1, 0.15) is 56.8 Å². The van der Waals surface area contributed by atoms with E-state index >= 15 is 0 Å². The first-order valence-electron chi connectivity index (χ1n) is 10.3. The molecule has 1 aliphatic heterocycles. The van der Waals surface area contributed by atoms with Crippen molar-refractivity contribution in [2.75, 3.05) is 13.7 Å². The van der Waals surface area contributed by atoms with E-state index in [0.29, 0.717) is 29.3 Å². The molecule has 1 unspecified atom stereocenters. The number of likely N-dealkylation sites (tertiary alicyclic amines) is 1. The summed E-state index contributed by atoms with van der Waals surface area (Å²) in [6.45, 7) is 8.73. The largest absolute Gasteiger partial charge is 0.507 e. The summed E-state index contributed by atoms with van der Waals surface area (Å²) in [7, 11) is 1.50. The van der Waals surface area contributed by atoms with E-state index in [4.69, 9.17) is 16.3 Å². The second-order valence-corrected chi connectivity index (χ2v) is 9.12. The van der Waals surface area contributed by atoms with Crippen molar-refractivity contribution in [2.45, 2.75) is 45.6 Å². The van der Waals surface area contributed by atoms with E-state index < -0.39 is 17.7 Å². The van der Waals surface area contributed by atoms with Gasteiger partial charge in [0.1, 0.15) is 11.5 Å². The minimum Gasteiger partial charge on any atom is -0.507 e. The van der Waals surface area contributed by atoms with Crippen LogP contribution in [-0.2, 0) is 15.0 Å². The highest BCUT2D eigenvalue weighted by Gasteiger charge is 2.45. The van der Waals surface area contributed by atoms with Gasteiger partial charge in [-0.2, -0.15) is 0 Å². The second kappa shape index (κ2) is 8.75. The summed E-state index contributed by atoms with van der Waals surface area (Å²) in [5.74, 6) is -1.08. The molecule has 164 valence electrons. The van der Waals surface area contributed by atoms with Crippen molar-refractivity contribution in [3.8, 4) is 5.75 Å². The van der Waals surface area contributed by atoms with Crippen LogP contribution >= 0.6 is 11.6 Å². The molecular weight excluding hydrogens is 414 g/mol. The lowest BCUT2D eigenvalue weighted by atomic mass is 9.85. The molecule has 6 heteroatoms. The van der Waals surface area contributed by atoms with E-state index in [0.717, 1.165) is 11.1 Å². The van der Waals surface area contributed by atoms with Gasteiger partial charge in [-0.1, -0.05) is 63.6 Å². The third-order valence-electron chi connectivity index (χ3n) is 5.52. The molecule has 0 aromatic heterocycles. The average Bonchev–Trinajstić information content (AvgIpc) is 2.98. The van der Waals surface area contributed by atoms with Crippen molar-refractivity contribution >= 4 is 29.1 Å². The van der Waals surface area contributed by atoms with Gasteiger partial charge in [0.2, 0.25) is 0 Å². The first kappa shape index (κ1) is 22.9. The van der Waals surface area contributed by atoms with Crippen molar-refractivity contribution in [1.82, 2.24) is 4.90 Å². The van der Waals surface area contributed by atoms with E-state index in [1.165, 1.54) is 18.1 Å². The molecule has 1 heterocycles. The lowest BCUT2D eigenvalue weighted by Crippen LogP contribution is -2.30. The molecule has 2 aromatic carbocycles. The number of methoxy groups -OCH3 is 1. The fourth-order valence-corrected chi connectivity index (χ4v) is 4.09. The Bertz CT molecular complexity index is 1030. The van der Waals surface area contributed by atoms with Crippen molar-refractivity contribution in [3.63, 3.8) is 0 Å². The Hall–Kier alpha value is -2.79. The number of ether oxygens (including phenoxy) is 1. The summed E-state index contributed by atoms with van der Waals surface area (Å²) in [5, 5.41) is 11.4. The van der Waals surface area contributed by atoms with Crippen LogP contribution < -0.4 is 4.74 Å². The van der Waals surface area contributed by atoms with Crippen LogP contribution in [0.3, 0.4) is 0 Å². The lowest BCUT2D eigenvalue weighted by molar-refractivity contribution is -0.139. The third-order valence-corrected chi connectivity index (χ3v) is 5.82. The number of carbonyl (C=O) groups is 2. The third kappa shape index (κ3) is 4.33. The molecule has 0 spiro atoms. The molecular formula is C25H28ClNO4. The summed E-state index contributed by atoms with van der Waals surface area (Å²) < 4.78 is 5.16. The first-order chi connectivity index (χ1) is 14.6. The molecule has 1 saturated heterocycles. The summed E-state index contributed by atoms with van der Waals surface area (Å²) >= 11 is 6.22. The number of nitrogens with zero attached hydrogens (tertiary/aromatic N) is 1. The van der Waals surface area contributed by atoms with Gasteiger partial charge in [0.25, 0.3) is 11.7 Å². The van der Waals surface area contributed by atoms with E-state index in [1.807, 2.05) is 31.2 Å². The molecule has 0 saturated carbocycles. The smallest absolute Gasteiger partial charge is 0.295 e. The molecule has 31 heavy (non-hydrogen) atoms. The lowest BCUT2D eigenvalue weighted by Gasteiger charge is -2.26. The van der Waals surface area contributed by atoms with Gasteiger partial charge in [-0.3, -0.25) is 9.59 Å². The Labute approximate surface area is 188 Å². The molecule has 1 N–H and O–H groups in total. The van der Waals surface area contributed by atoms with Gasteiger partial charge in [-0.05, 0) is 41.2 Å². The number of hydrogen-bond donors (Lipinski definition) is 1. The Balaban J connectivity index is 2.16. The molecule has 0 aliphatic carbocycles. The highest BCUT2D eigenvalue weighted by molar-refractivity contribution is 6.46. The predicted octanol–water partition coefficient (Wildman–Crippen LogP) is 5.48. The summed E-state index contributed by atoms with van der Waals surface area (Å²) in [6, 6.07) is 12.0. The number of carbonyl (C=O) groups excluding carboxylic acids is 2. The van der Waals surface area contributed by atoms with Gasteiger partial charge in [0, 0.05) is 12.1 Å². The average molecular weight is 442 g/mol. The number of hydrogen-bond acceptors (Lipinski definition) is 4. The van der Waals surface area contributed by atoms with Gasteiger partial charge >= 0.3 is 0 Å². The molecule has 2 aromatic rings. The first-order valence-corrected chi connectivity index (χ1v) is 10.7. The molecule has 3 rings (SSSR count). The fourth-order valence-electron chi connectivity index (χ4n) is 3.83. The minimum atomic E-state index is -0.692. The van der Waals surface area contributed by atoms with Crippen LogP contribution in [0.25, 0.3) is 5.76 Å². The summed E-state index contributed by atoms with van der Waals surface area (Å²) in [6.07, 6.45) is 0.692. The predicted molar refractivity (Wildman–Crippen MR) is 122 cm³/mol. The molecule has 1 aliphatic rings. The summed E-state index contributed by atoms with van der Waals surface area (Å²) in [4.78, 5) is 27.3. The molecule has 1 fully saturated rings. The number of Topliss-reactive ketones (excluding diaryl/α,β-unsaturated/α-hetero) is 1. The zero-order valence-electron chi connectivity index (χ0n) is 18.5. The minimum absolute atomic E-state index is 0.0242. The van der Waals surface area contributed by atoms with Crippen molar-refractivity contribution in [1.29, 1.82) is 0 Å². The Morgan fingerprint density at radius 2 is 1.77 bits per heavy atom. The maximum Gasteiger partial charge on any atom is 0.295 e. The monoisotopic (exact) mass is 441 g/mol. The zero-order chi connectivity index (χ0) is 22.9. The van der Waals surface area contributed by atoms with Crippen LogP contribution in [0, 0.1) is 0 Å². The van der Waals surface area contributed by atoms with Crippen LogP contribution in [0.15, 0.2) is 48.0 Å². The van der Waals surface area contributed by atoms with E-state index in [2.05, 4.69) is 20.8 Å². The number of halogens is 1. The van der Waals surface area contributed by atoms with Gasteiger partial charge in [-0.25, -0.2) is 0 Å². The number of aliphatic hydroxyl groups excluding tert-OH is 1. The second-order valence-electron chi connectivity index (χ2n) is 8.71. The number of ketones is 1. The van der Waals surface area contributed by atoms with E-state index in [9.17, 15) is 14.7 Å². The normalized spacial score (nSPS) is 18.5. The Morgan fingerprint density at radius 3 is 2.29 bits per heavy atom. The molecule has 5 nitrogen and oxygen atoms in total. The van der Waals surface area contributed by atoms with E-state index in [1.54, 1.807) is 12.1 Å². The van der Waals surface area contributed by atoms with Gasteiger partial charge in [-0.15, -0.1) is 0 Å². The number of benzene rings is 2. The molecule has 1 amide bonds. The zero-order valence-corrected chi connectivity index (χ0v) is 19.3. The van der Waals surface area contributed by atoms with Crippen LogP contribution in [0.4, 0.5) is 0 Å². The van der Waals surface area contributed by atoms with Gasteiger partial charge in [0.05, 0.1) is 23.7 Å². The van der Waals surface area contributed by atoms with E-state index in [-0.39, 0.29) is 16.7 Å². The molecule has 0 radical (unpaired) electrons.